The van der Waals surface area contributed by atoms with E-state index in [1.807, 2.05) is 12.1 Å². The summed E-state index contributed by atoms with van der Waals surface area (Å²) < 4.78 is 0. The molecule has 1 spiro atoms. The van der Waals surface area contributed by atoms with Gasteiger partial charge in [0.25, 0.3) is 0 Å². The van der Waals surface area contributed by atoms with Crippen LogP contribution < -0.4 is 10.6 Å². The first-order chi connectivity index (χ1) is 11.4. The molecule has 5 nitrogen and oxygen atoms in total. The first-order valence-corrected chi connectivity index (χ1v) is 8.33. The fraction of sp³-hybridized carbons (Fsp3) is 0.389. The molecule has 1 aromatic carbocycles. The SMILES string of the molecule is c1ccc(CNC2=Nc3ccnnc3NC23CCCCC3)cc1. The van der Waals surface area contributed by atoms with Crippen molar-refractivity contribution < 1.29 is 0 Å². The largest absolute Gasteiger partial charge is 0.367 e. The van der Waals surface area contributed by atoms with Crippen LogP contribution in [0.5, 0.6) is 0 Å². The Balaban J connectivity index is 1.63. The summed E-state index contributed by atoms with van der Waals surface area (Å²) in [5, 5.41) is 15.4. The first-order valence-electron chi connectivity index (χ1n) is 8.33. The van der Waals surface area contributed by atoms with E-state index in [1.165, 1.54) is 24.8 Å². The molecule has 0 saturated heterocycles. The second-order valence-corrected chi connectivity index (χ2v) is 6.33. The Hall–Kier alpha value is -2.43. The minimum atomic E-state index is -0.115. The number of hydrogen-bond donors (Lipinski definition) is 2. The lowest BCUT2D eigenvalue weighted by Gasteiger charge is -2.42. The zero-order chi connectivity index (χ0) is 15.5. The molecule has 1 aliphatic carbocycles. The maximum Gasteiger partial charge on any atom is 0.175 e. The average Bonchev–Trinajstić information content (AvgIpc) is 2.61. The van der Waals surface area contributed by atoms with E-state index >= 15 is 0 Å². The highest BCUT2D eigenvalue weighted by Crippen LogP contribution is 2.38. The van der Waals surface area contributed by atoms with Gasteiger partial charge >= 0.3 is 0 Å². The van der Waals surface area contributed by atoms with Gasteiger partial charge in [0.05, 0.1) is 11.7 Å². The van der Waals surface area contributed by atoms with Gasteiger partial charge in [0.2, 0.25) is 0 Å². The van der Waals surface area contributed by atoms with E-state index in [0.717, 1.165) is 36.7 Å². The van der Waals surface area contributed by atoms with Gasteiger partial charge in [0.15, 0.2) is 5.82 Å². The number of fused-ring (bicyclic) bond motifs is 1. The lowest BCUT2D eigenvalue weighted by atomic mass is 9.79. The summed E-state index contributed by atoms with van der Waals surface area (Å²) in [4.78, 5) is 4.88. The number of amidine groups is 1. The minimum Gasteiger partial charge on any atom is -0.367 e. The quantitative estimate of drug-likeness (QED) is 0.892. The molecule has 1 saturated carbocycles. The second kappa shape index (κ2) is 5.99. The van der Waals surface area contributed by atoms with Crippen LogP contribution in [-0.2, 0) is 6.54 Å². The molecule has 0 radical (unpaired) electrons. The number of hydrogen-bond acceptors (Lipinski definition) is 5. The lowest BCUT2D eigenvalue weighted by molar-refractivity contribution is 0.395. The molecule has 2 aliphatic rings. The van der Waals surface area contributed by atoms with Crippen molar-refractivity contribution in [3.8, 4) is 0 Å². The van der Waals surface area contributed by atoms with Gasteiger partial charge in [-0.25, -0.2) is 4.99 Å². The van der Waals surface area contributed by atoms with Crippen LogP contribution in [0.15, 0.2) is 47.6 Å². The Morgan fingerprint density at radius 3 is 2.70 bits per heavy atom. The van der Waals surface area contributed by atoms with E-state index in [0.29, 0.717) is 0 Å². The molecule has 2 heterocycles. The molecule has 0 amide bonds. The highest BCUT2D eigenvalue weighted by molar-refractivity contribution is 5.99. The highest BCUT2D eigenvalue weighted by atomic mass is 15.2. The summed E-state index contributed by atoms with van der Waals surface area (Å²) in [5.41, 5.74) is 2.02. The average molecular weight is 307 g/mol. The van der Waals surface area contributed by atoms with Gasteiger partial charge < -0.3 is 10.6 Å². The summed E-state index contributed by atoms with van der Waals surface area (Å²) in [5.74, 6) is 1.85. The Morgan fingerprint density at radius 2 is 1.87 bits per heavy atom. The van der Waals surface area contributed by atoms with Crippen molar-refractivity contribution in [2.24, 2.45) is 4.99 Å². The van der Waals surface area contributed by atoms with Crippen molar-refractivity contribution in [2.75, 3.05) is 5.32 Å². The summed E-state index contributed by atoms with van der Waals surface area (Å²) in [6.45, 7) is 0.789. The third kappa shape index (κ3) is 2.79. The monoisotopic (exact) mass is 307 g/mol. The second-order valence-electron chi connectivity index (χ2n) is 6.33. The molecule has 0 bridgehead atoms. The number of aliphatic imine (C=N–C) groups is 1. The zero-order valence-electron chi connectivity index (χ0n) is 13.1. The predicted molar refractivity (Wildman–Crippen MR) is 91.8 cm³/mol. The van der Waals surface area contributed by atoms with Crippen LogP contribution in [0.3, 0.4) is 0 Å². The van der Waals surface area contributed by atoms with Crippen molar-refractivity contribution in [2.45, 2.75) is 44.2 Å². The molecule has 1 aromatic heterocycles. The zero-order valence-corrected chi connectivity index (χ0v) is 13.1. The molecular weight excluding hydrogens is 286 g/mol. The normalized spacial score (nSPS) is 18.7. The van der Waals surface area contributed by atoms with Crippen molar-refractivity contribution >= 4 is 17.3 Å². The van der Waals surface area contributed by atoms with Crippen LogP contribution in [-0.4, -0.2) is 21.6 Å². The molecule has 23 heavy (non-hydrogen) atoms. The van der Waals surface area contributed by atoms with Crippen LogP contribution in [0.1, 0.15) is 37.7 Å². The molecule has 2 N–H and O–H groups in total. The summed E-state index contributed by atoms with van der Waals surface area (Å²) in [7, 11) is 0. The summed E-state index contributed by atoms with van der Waals surface area (Å²) in [6.07, 6.45) is 7.59. The summed E-state index contributed by atoms with van der Waals surface area (Å²) in [6, 6.07) is 12.4. The Bertz CT molecular complexity index is 704. The number of rotatable bonds is 2. The molecule has 1 fully saturated rings. The molecule has 4 rings (SSSR count). The fourth-order valence-electron chi connectivity index (χ4n) is 3.53. The topological polar surface area (TPSA) is 62.2 Å². The highest BCUT2D eigenvalue weighted by Gasteiger charge is 2.40. The van der Waals surface area contributed by atoms with E-state index in [4.69, 9.17) is 4.99 Å². The van der Waals surface area contributed by atoms with Crippen molar-refractivity contribution in [3.05, 3.63) is 48.2 Å². The number of aromatic nitrogens is 2. The maximum atomic E-state index is 4.88. The molecule has 1 aliphatic heterocycles. The van der Waals surface area contributed by atoms with Gasteiger partial charge in [-0.05, 0) is 24.5 Å². The van der Waals surface area contributed by atoms with Crippen LogP contribution >= 0.6 is 0 Å². The Kier molecular flexibility index (Phi) is 3.69. The predicted octanol–water partition coefficient (Wildman–Crippen LogP) is 3.42. The van der Waals surface area contributed by atoms with Gasteiger partial charge in [-0.1, -0.05) is 49.6 Å². The fourth-order valence-corrected chi connectivity index (χ4v) is 3.53. The molecular formula is C18H21N5. The van der Waals surface area contributed by atoms with Gasteiger partial charge in [0.1, 0.15) is 11.5 Å². The third-order valence-electron chi connectivity index (χ3n) is 4.75. The Morgan fingerprint density at radius 1 is 1.04 bits per heavy atom. The number of nitrogens with zero attached hydrogens (tertiary/aromatic N) is 3. The van der Waals surface area contributed by atoms with Gasteiger partial charge in [0, 0.05) is 6.54 Å². The van der Waals surface area contributed by atoms with Crippen LogP contribution in [0.4, 0.5) is 11.5 Å². The van der Waals surface area contributed by atoms with Crippen LogP contribution in [0.2, 0.25) is 0 Å². The number of nitrogens with one attached hydrogen (secondary N) is 2. The van der Waals surface area contributed by atoms with E-state index in [1.54, 1.807) is 6.20 Å². The van der Waals surface area contributed by atoms with Crippen molar-refractivity contribution in [3.63, 3.8) is 0 Å². The molecule has 0 unspecified atom stereocenters. The van der Waals surface area contributed by atoms with E-state index in [9.17, 15) is 0 Å². The minimum absolute atomic E-state index is 0.115. The van der Waals surface area contributed by atoms with Gasteiger partial charge in [-0.3, -0.25) is 0 Å². The van der Waals surface area contributed by atoms with Gasteiger partial charge in [-0.15, -0.1) is 5.10 Å². The van der Waals surface area contributed by atoms with Gasteiger partial charge in [-0.2, -0.15) is 5.10 Å². The maximum absolute atomic E-state index is 4.88. The summed E-state index contributed by atoms with van der Waals surface area (Å²) >= 11 is 0. The molecule has 2 aromatic rings. The molecule has 118 valence electrons. The van der Waals surface area contributed by atoms with E-state index in [-0.39, 0.29) is 5.54 Å². The molecule has 0 atom stereocenters. The van der Waals surface area contributed by atoms with Crippen molar-refractivity contribution in [1.82, 2.24) is 15.5 Å². The number of anilines is 1. The third-order valence-corrected chi connectivity index (χ3v) is 4.75. The Labute approximate surface area is 136 Å². The van der Waals surface area contributed by atoms with Crippen LogP contribution in [0.25, 0.3) is 0 Å². The number of benzene rings is 1. The van der Waals surface area contributed by atoms with E-state index in [2.05, 4.69) is 45.1 Å². The van der Waals surface area contributed by atoms with Crippen molar-refractivity contribution in [1.29, 1.82) is 0 Å². The smallest absolute Gasteiger partial charge is 0.175 e. The lowest BCUT2D eigenvalue weighted by Crippen LogP contribution is -2.55. The standard InChI is InChI=1S/C18H21N5/c1-3-7-14(8-4-1)13-19-17-18(10-5-2-6-11-18)22-16-15(21-17)9-12-20-23-16/h1,3-4,7-9,12H,2,5-6,10-11,13H2,(H,19,21)(H,22,23). The van der Waals surface area contributed by atoms with Crippen LogP contribution in [0, 0.1) is 0 Å². The first kappa shape index (κ1) is 14.2. The van der Waals surface area contributed by atoms with E-state index < -0.39 is 0 Å². The molecule has 5 heteroatoms.